The van der Waals surface area contributed by atoms with Crippen LogP contribution in [0.25, 0.3) is 0 Å². The minimum absolute atomic E-state index is 0.157. The second kappa shape index (κ2) is 19.6. The van der Waals surface area contributed by atoms with Crippen LogP contribution in [0.2, 0.25) is 0 Å². The van der Waals surface area contributed by atoms with Crippen molar-refractivity contribution in [1.29, 1.82) is 0 Å². The Bertz CT molecular complexity index is 605. The van der Waals surface area contributed by atoms with Gasteiger partial charge < -0.3 is 18.9 Å². The Balaban J connectivity index is 0.000000331. The van der Waals surface area contributed by atoms with Crippen LogP contribution in [0.5, 0.6) is 0 Å². The lowest BCUT2D eigenvalue weighted by atomic mass is 10.4. The Kier molecular flexibility index (Phi) is 18.0. The smallest absolute Gasteiger partial charge is 0.316 e. The monoisotopic (exact) mass is 542 g/mol. The fraction of sp³-hybridized carbons (Fsp3) is 0.810. The fourth-order valence-corrected chi connectivity index (χ4v) is 6.01. The van der Waals surface area contributed by atoms with Gasteiger partial charge in [0.05, 0.1) is 36.2 Å². The van der Waals surface area contributed by atoms with Gasteiger partial charge >= 0.3 is 23.9 Å². The first-order chi connectivity index (χ1) is 15.9. The van der Waals surface area contributed by atoms with E-state index in [4.69, 9.17) is 18.9 Å². The third-order valence-corrected chi connectivity index (χ3v) is 8.52. The maximum Gasteiger partial charge on any atom is 0.316 e. The van der Waals surface area contributed by atoms with Gasteiger partial charge in [-0.15, -0.1) is 23.5 Å². The minimum Gasteiger partial charge on any atom is -0.465 e. The van der Waals surface area contributed by atoms with E-state index in [-0.39, 0.29) is 37.1 Å². The number of esters is 4. The van der Waals surface area contributed by atoms with Crippen LogP contribution >= 0.6 is 47.0 Å². The van der Waals surface area contributed by atoms with E-state index < -0.39 is 0 Å². The average molecular weight is 543 g/mol. The second-order valence-electron chi connectivity index (χ2n) is 7.16. The molecule has 2 aliphatic rings. The molecule has 0 amide bonds. The highest BCUT2D eigenvalue weighted by Gasteiger charge is 2.12. The van der Waals surface area contributed by atoms with Gasteiger partial charge in [0.1, 0.15) is 13.2 Å². The van der Waals surface area contributed by atoms with Crippen LogP contribution in [0, 0.1) is 0 Å². The van der Waals surface area contributed by atoms with Crippen molar-refractivity contribution in [3.05, 3.63) is 0 Å². The third-order valence-electron chi connectivity index (χ3n) is 4.17. The molecule has 2 unspecified atom stereocenters. The molecule has 12 heteroatoms. The van der Waals surface area contributed by atoms with Gasteiger partial charge in [0.25, 0.3) is 0 Å². The van der Waals surface area contributed by atoms with E-state index in [1.54, 1.807) is 47.0 Å². The summed E-state index contributed by atoms with van der Waals surface area (Å²) in [6, 6.07) is 0. The zero-order valence-corrected chi connectivity index (χ0v) is 22.5. The maximum atomic E-state index is 11.3. The molecule has 2 rings (SSSR count). The van der Waals surface area contributed by atoms with Crippen LogP contribution in [-0.4, -0.2) is 95.3 Å². The quantitative estimate of drug-likeness (QED) is 0.332. The maximum absolute atomic E-state index is 11.3. The molecule has 33 heavy (non-hydrogen) atoms. The predicted octanol–water partition coefficient (Wildman–Crippen LogP) is 3.05. The van der Waals surface area contributed by atoms with E-state index in [1.807, 2.05) is 0 Å². The highest BCUT2D eigenvalue weighted by Crippen LogP contribution is 2.18. The van der Waals surface area contributed by atoms with E-state index in [2.05, 4.69) is 13.8 Å². The summed E-state index contributed by atoms with van der Waals surface area (Å²) >= 11 is 6.36. The van der Waals surface area contributed by atoms with Crippen LogP contribution in [0.1, 0.15) is 33.1 Å². The number of ether oxygens (including phenoxy) is 4. The summed E-state index contributed by atoms with van der Waals surface area (Å²) in [4.78, 5) is 44.9. The molecule has 0 aromatic rings. The number of rotatable bonds is 0. The van der Waals surface area contributed by atoms with Crippen molar-refractivity contribution in [1.82, 2.24) is 0 Å². The first kappa shape index (κ1) is 30.3. The van der Waals surface area contributed by atoms with E-state index >= 15 is 0 Å². The van der Waals surface area contributed by atoms with Gasteiger partial charge in [-0.25, -0.2) is 0 Å². The molecule has 0 aliphatic carbocycles. The van der Waals surface area contributed by atoms with E-state index in [0.717, 1.165) is 24.3 Å². The van der Waals surface area contributed by atoms with Gasteiger partial charge in [0.15, 0.2) is 0 Å². The predicted molar refractivity (Wildman–Crippen MR) is 136 cm³/mol. The molecule has 0 N–H and O–H groups in total. The van der Waals surface area contributed by atoms with Gasteiger partial charge in [-0.2, -0.15) is 23.5 Å². The molecule has 2 atom stereocenters. The Hall–Kier alpha value is -0.720. The number of carbonyl (C=O) groups excluding carboxylic acids is 4. The average Bonchev–Trinajstić information content (AvgIpc) is 2.80. The summed E-state index contributed by atoms with van der Waals surface area (Å²) in [5, 5.41) is 0.825. The van der Waals surface area contributed by atoms with Crippen molar-refractivity contribution >= 4 is 70.9 Å². The Morgan fingerprint density at radius 1 is 0.576 bits per heavy atom. The molecule has 0 aromatic heterocycles. The first-order valence-electron chi connectivity index (χ1n) is 10.9. The Morgan fingerprint density at radius 3 is 1.36 bits per heavy atom. The molecule has 0 spiro atoms. The Labute approximate surface area is 213 Å². The molecule has 0 saturated carbocycles. The topological polar surface area (TPSA) is 105 Å². The van der Waals surface area contributed by atoms with Crippen LogP contribution in [0.15, 0.2) is 0 Å². The zero-order valence-electron chi connectivity index (χ0n) is 19.2. The van der Waals surface area contributed by atoms with Gasteiger partial charge in [0, 0.05) is 16.9 Å². The van der Waals surface area contributed by atoms with Crippen molar-refractivity contribution in [2.24, 2.45) is 0 Å². The summed E-state index contributed by atoms with van der Waals surface area (Å²) in [5.41, 5.74) is 0. The van der Waals surface area contributed by atoms with Crippen molar-refractivity contribution in [2.45, 2.75) is 43.6 Å². The Morgan fingerprint density at radius 2 is 0.939 bits per heavy atom. The molecule has 190 valence electrons. The van der Waals surface area contributed by atoms with Crippen molar-refractivity contribution in [3.63, 3.8) is 0 Å². The lowest BCUT2D eigenvalue weighted by molar-refractivity contribution is -0.148. The summed E-state index contributed by atoms with van der Waals surface area (Å²) < 4.78 is 19.8. The van der Waals surface area contributed by atoms with Gasteiger partial charge in [-0.3, -0.25) is 19.2 Å². The molecule has 0 radical (unpaired) electrons. The summed E-state index contributed by atoms with van der Waals surface area (Å²) in [5.74, 6) is 2.57. The van der Waals surface area contributed by atoms with Crippen LogP contribution in [0.4, 0.5) is 0 Å². The molecular formula is C21H34O8S4. The van der Waals surface area contributed by atoms with Crippen LogP contribution in [-0.2, 0) is 38.1 Å². The van der Waals surface area contributed by atoms with Crippen LogP contribution < -0.4 is 0 Å². The number of thioether (sulfide) groups is 4. The fourth-order valence-electron chi connectivity index (χ4n) is 2.31. The highest BCUT2D eigenvalue weighted by atomic mass is 32.2. The van der Waals surface area contributed by atoms with Gasteiger partial charge in [-0.05, 0) is 24.3 Å². The van der Waals surface area contributed by atoms with E-state index in [0.29, 0.717) is 53.1 Å². The highest BCUT2D eigenvalue weighted by molar-refractivity contribution is 8.01. The third kappa shape index (κ3) is 18.3. The van der Waals surface area contributed by atoms with E-state index in [1.165, 1.54) is 0 Å². The zero-order chi connectivity index (χ0) is 24.3. The summed E-state index contributed by atoms with van der Waals surface area (Å²) in [6.45, 7) is 5.14. The molecule has 2 heterocycles. The molecule has 2 aliphatic heterocycles. The van der Waals surface area contributed by atoms with Crippen molar-refractivity contribution in [3.8, 4) is 0 Å². The van der Waals surface area contributed by atoms with Crippen molar-refractivity contribution in [2.75, 3.05) is 60.9 Å². The van der Waals surface area contributed by atoms with Gasteiger partial charge in [0.2, 0.25) is 0 Å². The first-order valence-corrected chi connectivity index (χ1v) is 15.3. The lowest BCUT2D eigenvalue weighted by Gasteiger charge is -2.12. The normalized spacial score (nSPS) is 25.6. The summed E-state index contributed by atoms with van der Waals surface area (Å²) in [6.07, 6.45) is 2.54. The second-order valence-corrected chi connectivity index (χ2v) is 12.2. The largest absolute Gasteiger partial charge is 0.465 e. The molecule has 2 fully saturated rings. The van der Waals surface area contributed by atoms with E-state index in [9.17, 15) is 19.2 Å². The summed E-state index contributed by atoms with van der Waals surface area (Å²) in [7, 11) is 0. The van der Waals surface area contributed by atoms with Gasteiger partial charge in [-0.1, -0.05) is 13.8 Å². The molecule has 0 aromatic carbocycles. The van der Waals surface area contributed by atoms with Crippen LogP contribution in [0.3, 0.4) is 0 Å². The molecular weight excluding hydrogens is 508 g/mol. The molecule has 2 saturated heterocycles. The standard InChI is InChI=1S/C11H18O4S2.C10H16O4S2/c1-9-3-6-16-7-10(12)14-4-2-5-15-11(13)8-17-9;1-8-2-5-15-6-9(11)13-3-4-14-10(12)7-16-8/h9H,2-8H2,1H3;8H,2-7H2,1H3. The number of carbonyl (C=O) groups is 4. The molecule has 8 nitrogen and oxygen atoms in total. The minimum atomic E-state index is -0.236. The number of hydrogen-bond acceptors (Lipinski definition) is 12. The lowest BCUT2D eigenvalue weighted by Crippen LogP contribution is -2.16. The number of cyclic esters (lactones) is 4. The SMILES string of the molecule is CC1CCSCC(=O)OCCCOC(=O)CS1.CC1CCSCC(=O)OCCOC(=O)CS1. The number of hydrogen-bond donors (Lipinski definition) is 0. The van der Waals surface area contributed by atoms with Crippen molar-refractivity contribution < 1.29 is 38.1 Å². The molecule has 0 bridgehead atoms.